The fourth-order valence-electron chi connectivity index (χ4n) is 6.35. The molecule has 0 bridgehead atoms. The molecule has 0 spiro atoms. The van der Waals surface area contributed by atoms with Crippen molar-refractivity contribution in [2.75, 3.05) is 17.1 Å². The average molecular weight is 963 g/mol. The number of hydrogen-bond donors (Lipinski definition) is 4. The first-order valence-corrected chi connectivity index (χ1v) is 22.5. The number of hydrogen-bond acceptors (Lipinski definition) is 8. The van der Waals surface area contributed by atoms with Crippen LogP contribution in [0.15, 0.2) is 130 Å². The average Bonchev–Trinajstić information content (AvgIpc) is 3.22. The molecule has 0 aliphatic rings. The monoisotopic (exact) mass is 960 g/mol. The standard InChI is InChI=1S/C44H46Br2N6O7S/c1-28(34-14-20-40(21-15-34)52(56)57)48-42(53)30(3)47-26-39(22-31-8-6-5-7-9-31)50-44(55)36-23-35(43(54)49-29(2)33-12-18-38(46)19-13-33)24-41(25-36)51(60(4,58)59)27-32-10-16-37(45)17-11-32/h5-21,23-25,28-30,39,47H,22,26-27H2,1-4H3,(H,48,53)(H,49,54)(H,50,55)/t28-,29-,30+,39+/m1/s1. The Labute approximate surface area is 366 Å². The van der Waals surface area contributed by atoms with Gasteiger partial charge in [-0.25, -0.2) is 8.42 Å². The number of nitrogens with one attached hydrogen (secondary N) is 4. The van der Waals surface area contributed by atoms with Crippen LogP contribution in [0.1, 0.15) is 75.8 Å². The lowest BCUT2D eigenvalue weighted by atomic mass is 10.0. The van der Waals surface area contributed by atoms with E-state index in [0.29, 0.717) is 17.5 Å². The molecule has 0 saturated heterocycles. The molecule has 16 heteroatoms. The van der Waals surface area contributed by atoms with Gasteiger partial charge in [-0.3, -0.25) is 28.8 Å². The molecule has 0 aliphatic carbocycles. The Balaban J connectivity index is 1.41. The second kappa shape index (κ2) is 20.7. The number of sulfonamides is 1. The van der Waals surface area contributed by atoms with E-state index in [0.717, 1.165) is 30.6 Å². The van der Waals surface area contributed by atoms with Crippen molar-refractivity contribution in [3.63, 3.8) is 0 Å². The minimum absolute atomic E-state index is 0.0511. The topological polar surface area (TPSA) is 180 Å². The van der Waals surface area contributed by atoms with Crippen LogP contribution in [0.4, 0.5) is 11.4 Å². The zero-order chi connectivity index (χ0) is 43.6. The van der Waals surface area contributed by atoms with Gasteiger partial charge in [0.25, 0.3) is 17.5 Å². The van der Waals surface area contributed by atoms with Gasteiger partial charge >= 0.3 is 0 Å². The largest absolute Gasteiger partial charge is 0.348 e. The van der Waals surface area contributed by atoms with Crippen molar-refractivity contribution in [2.45, 2.75) is 57.9 Å². The van der Waals surface area contributed by atoms with Crippen LogP contribution in [0, 0.1) is 10.1 Å². The predicted molar refractivity (Wildman–Crippen MR) is 240 cm³/mol. The molecule has 4 N–H and O–H groups in total. The molecule has 60 heavy (non-hydrogen) atoms. The SMILES string of the molecule is C[C@H](NC[C@H](Cc1ccccc1)NC(=O)c1cc(C(=O)N[C@H](C)c2ccc(Br)cc2)cc(N(Cc2ccc(Br)cc2)S(C)(=O)=O)c1)C(=O)N[C@H](C)c1ccc([N+](=O)[O-])cc1. The summed E-state index contributed by atoms with van der Waals surface area (Å²) in [5.41, 5.74) is 3.35. The van der Waals surface area contributed by atoms with Crippen molar-refractivity contribution in [3.8, 4) is 0 Å². The van der Waals surface area contributed by atoms with E-state index < -0.39 is 50.9 Å². The van der Waals surface area contributed by atoms with Gasteiger partial charge in [0, 0.05) is 44.8 Å². The number of anilines is 1. The van der Waals surface area contributed by atoms with E-state index in [-0.39, 0.29) is 41.5 Å². The molecular weight excluding hydrogens is 916 g/mol. The van der Waals surface area contributed by atoms with Crippen LogP contribution >= 0.6 is 31.9 Å². The maximum Gasteiger partial charge on any atom is 0.269 e. The van der Waals surface area contributed by atoms with Gasteiger partial charge in [0.2, 0.25) is 15.9 Å². The third-order valence-corrected chi connectivity index (χ3v) is 12.0. The molecule has 5 aromatic rings. The van der Waals surface area contributed by atoms with E-state index in [1.165, 1.54) is 30.3 Å². The number of halogens is 2. The fraction of sp³-hybridized carbons (Fsp3) is 0.250. The second-order valence-electron chi connectivity index (χ2n) is 14.5. The maximum absolute atomic E-state index is 14.3. The molecule has 3 amide bonds. The number of nitro groups is 1. The van der Waals surface area contributed by atoms with Crippen LogP contribution in [0.25, 0.3) is 0 Å². The highest BCUT2D eigenvalue weighted by Crippen LogP contribution is 2.26. The number of carbonyl (C=O) groups is 3. The summed E-state index contributed by atoms with van der Waals surface area (Å²) in [4.78, 5) is 52.0. The van der Waals surface area contributed by atoms with Gasteiger partial charge in [0.1, 0.15) is 0 Å². The molecule has 0 aliphatic heterocycles. The zero-order valence-electron chi connectivity index (χ0n) is 33.4. The van der Waals surface area contributed by atoms with E-state index in [2.05, 4.69) is 53.1 Å². The minimum atomic E-state index is -3.92. The second-order valence-corrected chi connectivity index (χ2v) is 18.2. The van der Waals surface area contributed by atoms with Gasteiger partial charge in [-0.15, -0.1) is 0 Å². The van der Waals surface area contributed by atoms with Gasteiger partial charge in [-0.05, 0) is 91.9 Å². The summed E-state index contributed by atoms with van der Waals surface area (Å²) in [5.74, 6) is -1.39. The first kappa shape index (κ1) is 45.7. The Morgan fingerprint density at radius 2 is 1.22 bits per heavy atom. The molecule has 0 unspecified atom stereocenters. The fourth-order valence-corrected chi connectivity index (χ4v) is 7.75. The molecule has 0 aromatic heterocycles. The number of nitrogens with zero attached hydrogens (tertiary/aromatic N) is 2. The molecule has 4 atom stereocenters. The molecular formula is C44H46Br2N6O7S. The molecule has 5 aromatic carbocycles. The van der Waals surface area contributed by atoms with E-state index in [1.807, 2.05) is 61.5 Å². The molecule has 0 radical (unpaired) electrons. The van der Waals surface area contributed by atoms with E-state index in [9.17, 15) is 32.9 Å². The smallest absolute Gasteiger partial charge is 0.269 e. The summed E-state index contributed by atoms with van der Waals surface area (Å²) >= 11 is 6.84. The Bertz CT molecular complexity index is 2400. The highest BCUT2D eigenvalue weighted by molar-refractivity contribution is 9.10. The molecule has 13 nitrogen and oxygen atoms in total. The van der Waals surface area contributed by atoms with Crippen LogP contribution in [-0.2, 0) is 27.8 Å². The first-order chi connectivity index (χ1) is 28.5. The summed E-state index contributed by atoms with van der Waals surface area (Å²) in [6.07, 6.45) is 1.45. The Morgan fingerprint density at radius 1 is 0.700 bits per heavy atom. The van der Waals surface area contributed by atoms with Crippen molar-refractivity contribution >= 4 is 71.0 Å². The lowest BCUT2D eigenvalue weighted by molar-refractivity contribution is -0.384. The summed E-state index contributed by atoms with van der Waals surface area (Å²) < 4.78 is 29.6. The third-order valence-electron chi connectivity index (χ3n) is 9.77. The number of carbonyl (C=O) groups excluding carboxylic acids is 3. The van der Waals surface area contributed by atoms with Crippen LogP contribution in [-0.4, -0.2) is 55.9 Å². The minimum Gasteiger partial charge on any atom is -0.348 e. The molecule has 5 rings (SSSR count). The summed E-state index contributed by atoms with van der Waals surface area (Å²) in [6.45, 7) is 5.40. The first-order valence-electron chi connectivity index (χ1n) is 19.0. The van der Waals surface area contributed by atoms with Crippen molar-refractivity contribution in [1.82, 2.24) is 21.3 Å². The quantitative estimate of drug-likeness (QED) is 0.0508. The maximum atomic E-state index is 14.3. The summed E-state index contributed by atoms with van der Waals surface area (Å²) in [7, 11) is -3.92. The van der Waals surface area contributed by atoms with Crippen molar-refractivity contribution < 1.29 is 27.7 Å². The highest BCUT2D eigenvalue weighted by atomic mass is 79.9. The number of non-ortho nitro benzene ring substituents is 1. The molecule has 314 valence electrons. The van der Waals surface area contributed by atoms with Gasteiger partial charge in [0.05, 0.1) is 41.5 Å². The number of rotatable bonds is 18. The zero-order valence-corrected chi connectivity index (χ0v) is 37.4. The third kappa shape index (κ3) is 13.0. The lowest BCUT2D eigenvalue weighted by Crippen LogP contribution is -2.49. The van der Waals surface area contributed by atoms with Crippen LogP contribution in [0.3, 0.4) is 0 Å². The van der Waals surface area contributed by atoms with Crippen LogP contribution in [0.5, 0.6) is 0 Å². The predicted octanol–water partition coefficient (Wildman–Crippen LogP) is 7.77. The van der Waals surface area contributed by atoms with Gasteiger partial charge < -0.3 is 21.3 Å². The molecule has 0 fully saturated rings. The van der Waals surface area contributed by atoms with Gasteiger partial charge in [-0.2, -0.15) is 0 Å². The number of nitro benzene ring substituents is 1. The van der Waals surface area contributed by atoms with Crippen molar-refractivity contribution in [1.29, 1.82) is 0 Å². The van der Waals surface area contributed by atoms with Gasteiger partial charge in [-0.1, -0.05) is 98.6 Å². The number of amides is 3. The summed E-state index contributed by atoms with van der Waals surface area (Å²) in [5, 5.41) is 23.2. The van der Waals surface area contributed by atoms with E-state index >= 15 is 0 Å². The Morgan fingerprint density at radius 3 is 1.77 bits per heavy atom. The van der Waals surface area contributed by atoms with E-state index in [1.54, 1.807) is 50.2 Å². The molecule has 0 heterocycles. The van der Waals surface area contributed by atoms with E-state index in [4.69, 9.17) is 0 Å². The molecule has 0 saturated carbocycles. The van der Waals surface area contributed by atoms with Crippen molar-refractivity contribution in [2.24, 2.45) is 0 Å². The van der Waals surface area contributed by atoms with Crippen molar-refractivity contribution in [3.05, 3.63) is 174 Å². The Kier molecular flexibility index (Phi) is 15.8. The summed E-state index contributed by atoms with van der Waals surface area (Å²) in [6, 6.07) is 32.3. The van der Waals surface area contributed by atoms with Crippen LogP contribution < -0.4 is 25.6 Å². The normalized spacial score (nSPS) is 13.3. The highest BCUT2D eigenvalue weighted by Gasteiger charge is 2.25. The van der Waals surface area contributed by atoms with Gasteiger partial charge in [0.15, 0.2) is 0 Å². The lowest BCUT2D eigenvalue weighted by Gasteiger charge is -2.25. The number of benzene rings is 5. The Hall–Kier alpha value is -5.42. The van der Waals surface area contributed by atoms with Crippen LogP contribution in [0.2, 0.25) is 0 Å².